The van der Waals surface area contributed by atoms with Gasteiger partial charge in [0.15, 0.2) is 0 Å². The fourth-order valence-electron chi connectivity index (χ4n) is 1.70. The van der Waals surface area contributed by atoms with E-state index in [9.17, 15) is 4.21 Å². The highest BCUT2D eigenvalue weighted by Crippen LogP contribution is 2.25. The average Bonchev–Trinajstić information content (AvgIpc) is 2.38. The molecule has 0 heterocycles. The highest BCUT2D eigenvalue weighted by atomic mass is 79.9. The Bertz CT molecular complexity index is 601. The van der Waals surface area contributed by atoms with Crippen LogP contribution in [0, 0.1) is 0 Å². The number of hydrogen-bond acceptors (Lipinski definition) is 2. The number of halogens is 2. The van der Waals surface area contributed by atoms with Crippen molar-refractivity contribution in [1.29, 1.82) is 0 Å². The largest absolute Gasteiger partial charge is 0.398 e. The smallest absolute Gasteiger partial charge is 0.0501 e. The fraction of sp³-hybridized carbons (Fsp3) is 0.143. The van der Waals surface area contributed by atoms with E-state index in [0.29, 0.717) is 22.2 Å². The van der Waals surface area contributed by atoms with Gasteiger partial charge in [0.1, 0.15) is 0 Å². The first-order valence-corrected chi connectivity index (χ1v) is 8.34. The lowest BCUT2D eigenvalue weighted by Crippen LogP contribution is -2.01. The summed E-state index contributed by atoms with van der Waals surface area (Å²) in [7, 11) is -0.976. The Morgan fingerprint density at radius 1 is 1.11 bits per heavy atom. The van der Waals surface area contributed by atoms with Crippen molar-refractivity contribution in [1.82, 2.24) is 0 Å². The highest BCUT2D eigenvalue weighted by molar-refractivity contribution is 9.10. The lowest BCUT2D eigenvalue weighted by Gasteiger charge is -2.07. The Kier molecular flexibility index (Phi) is 5.02. The molecule has 100 valence electrons. The molecule has 2 rings (SSSR count). The normalized spacial score (nSPS) is 12.3. The minimum atomic E-state index is -0.976. The molecule has 0 saturated heterocycles. The summed E-state index contributed by atoms with van der Waals surface area (Å²) >= 11 is 9.25. The minimum Gasteiger partial charge on any atom is -0.398 e. The molecule has 5 heteroatoms. The summed E-state index contributed by atoms with van der Waals surface area (Å²) in [6.07, 6.45) is 0. The second-order valence-electron chi connectivity index (χ2n) is 4.18. The summed E-state index contributed by atoms with van der Waals surface area (Å²) < 4.78 is 13.0. The Morgan fingerprint density at radius 2 is 1.79 bits per heavy atom. The number of anilines is 1. The Labute approximate surface area is 128 Å². The molecule has 0 saturated carbocycles. The Morgan fingerprint density at radius 3 is 2.47 bits per heavy atom. The third-order valence-corrected chi connectivity index (χ3v) is 5.17. The first kappa shape index (κ1) is 14.6. The quantitative estimate of drug-likeness (QED) is 0.835. The SMILES string of the molecule is Nc1cccc(CS(=O)Cc2ccc(Cl)cc2)c1Br. The van der Waals surface area contributed by atoms with Gasteiger partial charge in [-0.15, -0.1) is 0 Å². The number of nitrogens with two attached hydrogens (primary N) is 1. The van der Waals surface area contributed by atoms with Crippen LogP contribution < -0.4 is 5.73 Å². The van der Waals surface area contributed by atoms with E-state index in [0.717, 1.165) is 15.6 Å². The molecule has 0 radical (unpaired) electrons. The molecule has 19 heavy (non-hydrogen) atoms. The third kappa shape index (κ3) is 4.06. The monoisotopic (exact) mass is 357 g/mol. The number of hydrogen-bond donors (Lipinski definition) is 1. The maximum absolute atomic E-state index is 12.1. The summed E-state index contributed by atoms with van der Waals surface area (Å²) in [6, 6.07) is 13.0. The predicted octanol–water partition coefficient (Wildman–Crippen LogP) is 4.13. The van der Waals surface area contributed by atoms with Crippen LogP contribution in [0.5, 0.6) is 0 Å². The van der Waals surface area contributed by atoms with Gasteiger partial charge in [-0.3, -0.25) is 4.21 Å². The van der Waals surface area contributed by atoms with Crippen molar-refractivity contribution < 1.29 is 4.21 Å². The van der Waals surface area contributed by atoms with Gasteiger partial charge in [0, 0.05) is 31.7 Å². The van der Waals surface area contributed by atoms with E-state index in [2.05, 4.69) is 15.9 Å². The van der Waals surface area contributed by atoms with Crippen LogP contribution in [0.2, 0.25) is 5.02 Å². The zero-order valence-corrected chi connectivity index (χ0v) is 13.3. The maximum atomic E-state index is 12.1. The Hall–Kier alpha value is -0.840. The standard InChI is InChI=1S/C14H13BrClNOS/c15-14-11(2-1-3-13(14)17)9-19(18)8-10-4-6-12(16)7-5-10/h1-7H,8-9,17H2. The summed E-state index contributed by atoms with van der Waals surface area (Å²) in [5.74, 6) is 0.993. The van der Waals surface area contributed by atoms with Crippen molar-refractivity contribution in [2.75, 3.05) is 5.73 Å². The van der Waals surface area contributed by atoms with E-state index < -0.39 is 10.8 Å². The molecule has 0 bridgehead atoms. The van der Waals surface area contributed by atoms with Gasteiger partial charge < -0.3 is 5.73 Å². The number of nitrogen functional groups attached to an aromatic ring is 1. The van der Waals surface area contributed by atoms with Crippen molar-refractivity contribution in [3.63, 3.8) is 0 Å². The zero-order valence-electron chi connectivity index (χ0n) is 10.1. The predicted molar refractivity (Wildman–Crippen MR) is 85.6 cm³/mol. The molecule has 1 atom stereocenters. The van der Waals surface area contributed by atoms with Gasteiger partial charge in [-0.05, 0) is 45.3 Å². The van der Waals surface area contributed by atoms with Crippen molar-refractivity contribution >= 4 is 44.0 Å². The first-order valence-electron chi connectivity index (χ1n) is 5.68. The van der Waals surface area contributed by atoms with Gasteiger partial charge in [-0.1, -0.05) is 35.9 Å². The summed E-state index contributed by atoms with van der Waals surface area (Å²) in [5.41, 5.74) is 8.45. The topological polar surface area (TPSA) is 43.1 Å². The molecule has 0 fully saturated rings. The highest BCUT2D eigenvalue weighted by Gasteiger charge is 2.08. The van der Waals surface area contributed by atoms with Gasteiger partial charge in [0.25, 0.3) is 0 Å². The van der Waals surface area contributed by atoms with Gasteiger partial charge in [-0.25, -0.2) is 0 Å². The van der Waals surface area contributed by atoms with E-state index in [-0.39, 0.29) is 0 Å². The van der Waals surface area contributed by atoms with Gasteiger partial charge in [-0.2, -0.15) is 0 Å². The van der Waals surface area contributed by atoms with E-state index in [1.165, 1.54) is 0 Å². The van der Waals surface area contributed by atoms with Crippen LogP contribution >= 0.6 is 27.5 Å². The molecule has 0 amide bonds. The third-order valence-electron chi connectivity index (χ3n) is 2.67. The molecule has 2 aromatic carbocycles. The molecule has 0 spiro atoms. The fourth-order valence-corrected chi connectivity index (χ4v) is 3.67. The van der Waals surface area contributed by atoms with E-state index in [4.69, 9.17) is 17.3 Å². The zero-order chi connectivity index (χ0) is 13.8. The molecular weight excluding hydrogens is 346 g/mol. The molecule has 1 unspecified atom stereocenters. The number of rotatable bonds is 4. The molecule has 0 aliphatic heterocycles. The summed E-state index contributed by atoms with van der Waals surface area (Å²) in [4.78, 5) is 0. The van der Waals surface area contributed by atoms with Crippen LogP contribution in [0.1, 0.15) is 11.1 Å². The van der Waals surface area contributed by atoms with E-state index >= 15 is 0 Å². The second-order valence-corrected chi connectivity index (χ2v) is 6.86. The van der Waals surface area contributed by atoms with E-state index in [1.807, 2.05) is 42.5 Å². The average molecular weight is 359 g/mol. The minimum absolute atomic E-state index is 0.480. The molecule has 0 aliphatic rings. The first-order chi connectivity index (χ1) is 9.06. The van der Waals surface area contributed by atoms with E-state index in [1.54, 1.807) is 0 Å². The van der Waals surface area contributed by atoms with Crippen LogP contribution in [0.25, 0.3) is 0 Å². The maximum Gasteiger partial charge on any atom is 0.0501 e. The van der Waals surface area contributed by atoms with Gasteiger partial charge in [0.05, 0.1) is 5.75 Å². The summed E-state index contributed by atoms with van der Waals surface area (Å²) in [5, 5.41) is 0.688. The van der Waals surface area contributed by atoms with Crippen LogP contribution in [0.4, 0.5) is 5.69 Å². The summed E-state index contributed by atoms with van der Waals surface area (Å²) in [6.45, 7) is 0. The van der Waals surface area contributed by atoms with Crippen LogP contribution in [-0.4, -0.2) is 4.21 Å². The van der Waals surface area contributed by atoms with Gasteiger partial charge in [0.2, 0.25) is 0 Å². The van der Waals surface area contributed by atoms with Crippen LogP contribution in [-0.2, 0) is 22.3 Å². The van der Waals surface area contributed by atoms with Gasteiger partial charge >= 0.3 is 0 Å². The molecule has 0 aromatic heterocycles. The van der Waals surface area contributed by atoms with Crippen molar-refractivity contribution in [2.24, 2.45) is 0 Å². The molecule has 2 aromatic rings. The lowest BCUT2D eigenvalue weighted by molar-refractivity contribution is 0.682. The van der Waals surface area contributed by atoms with Crippen molar-refractivity contribution in [3.8, 4) is 0 Å². The van der Waals surface area contributed by atoms with Crippen molar-refractivity contribution in [3.05, 3.63) is 63.1 Å². The lowest BCUT2D eigenvalue weighted by atomic mass is 10.2. The molecule has 2 nitrogen and oxygen atoms in total. The van der Waals surface area contributed by atoms with Crippen molar-refractivity contribution in [2.45, 2.75) is 11.5 Å². The number of benzene rings is 2. The van der Waals surface area contributed by atoms with Crippen LogP contribution in [0.15, 0.2) is 46.9 Å². The van der Waals surface area contributed by atoms with Crippen LogP contribution in [0.3, 0.4) is 0 Å². The Balaban J connectivity index is 2.05. The molecule has 0 aliphatic carbocycles. The second kappa shape index (κ2) is 6.55. The molecule has 2 N–H and O–H groups in total. The molecular formula is C14H13BrClNOS.